The van der Waals surface area contributed by atoms with Gasteiger partial charge in [-0.1, -0.05) is 12.2 Å². The van der Waals surface area contributed by atoms with E-state index in [1.807, 2.05) is 0 Å². The third-order valence-corrected chi connectivity index (χ3v) is 2.33. The smallest absolute Gasteiger partial charge is 0.312 e. The van der Waals surface area contributed by atoms with Crippen LogP contribution in [0.5, 0.6) is 0 Å². The van der Waals surface area contributed by atoms with E-state index < -0.39 is 6.04 Å². The highest BCUT2D eigenvalue weighted by Crippen LogP contribution is 2.18. The van der Waals surface area contributed by atoms with Gasteiger partial charge in [-0.25, -0.2) is 0 Å². The topological polar surface area (TPSA) is 81.4 Å². The molecule has 0 spiro atoms. The zero-order chi connectivity index (χ0) is 11.4. The highest BCUT2D eigenvalue weighted by molar-refractivity contribution is 5.82. The number of carbonyl (C=O) groups is 2. The first-order valence-electron chi connectivity index (χ1n) is 4.86. The largest absolute Gasteiger partial charge is 0.469 e. The predicted octanol–water partition coefficient (Wildman–Crippen LogP) is -0.432. The molecule has 0 saturated heterocycles. The molecule has 3 atom stereocenters. The maximum Gasteiger partial charge on any atom is 0.312 e. The summed E-state index contributed by atoms with van der Waals surface area (Å²) in [5.74, 6) is -0.743. The van der Waals surface area contributed by atoms with Gasteiger partial charge in [0.15, 0.2) is 0 Å². The van der Waals surface area contributed by atoms with Crippen molar-refractivity contribution in [1.82, 2.24) is 5.32 Å². The van der Waals surface area contributed by atoms with Gasteiger partial charge in [0.2, 0.25) is 5.91 Å². The van der Waals surface area contributed by atoms with E-state index >= 15 is 0 Å². The van der Waals surface area contributed by atoms with Gasteiger partial charge in [0.1, 0.15) is 0 Å². The minimum Gasteiger partial charge on any atom is -0.469 e. The molecule has 0 bridgehead atoms. The fraction of sp³-hybridized carbons (Fsp3) is 0.600. The van der Waals surface area contributed by atoms with Crippen LogP contribution in [0.4, 0.5) is 0 Å². The summed E-state index contributed by atoms with van der Waals surface area (Å²) in [6, 6.07) is -0.650. The number of hydrogen-bond acceptors (Lipinski definition) is 4. The average molecular weight is 212 g/mol. The van der Waals surface area contributed by atoms with Crippen molar-refractivity contribution in [3.63, 3.8) is 0 Å². The van der Waals surface area contributed by atoms with E-state index in [2.05, 4.69) is 10.1 Å². The molecule has 0 aromatic heterocycles. The van der Waals surface area contributed by atoms with E-state index in [1.165, 1.54) is 7.11 Å². The summed E-state index contributed by atoms with van der Waals surface area (Å²) in [4.78, 5) is 22.4. The van der Waals surface area contributed by atoms with Crippen LogP contribution in [0.15, 0.2) is 12.2 Å². The minimum atomic E-state index is -0.532. The van der Waals surface area contributed by atoms with E-state index in [9.17, 15) is 9.59 Å². The normalized spacial score (nSPS) is 26.1. The van der Waals surface area contributed by atoms with Crippen LogP contribution in [0.25, 0.3) is 0 Å². The summed E-state index contributed by atoms with van der Waals surface area (Å²) in [5.41, 5.74) is 5.41. The van der Waals surface area contributed by atoms with Crippen molar-refractivity contribution in [3.05, 3.63) is 12.2 Å². The molecule has 0 aliphatic heterocycles. The average Bonchev–Trinajstić information content (AvgIpc) is 2.65. The van der Waals surface area contributed by atoms with E-state index in [1.54, 1.807) is 19.1 Å². The van der Waals surface area contributed by atoms with Crippen LogP contribution in [0, 0.1) is 5.92 Å². The summed E-state index contributed by atoms with van der Waals surface area (Å²) in [6.07, 6.45) is 4.09. The fourth-order valence-corrected chi connectivity index (χ4v) is 1.45. The first-order valence-corrected chi connectivity index (χ1v) is 4.86. The Labute approximate surface area is 88.7 Å². The van der Waals surface area contributed by atoms with Gasteiger partial charge in [-0.05, 0) is 13.3 Å². The molecule has 5 heteroatoms. The Morgan fingerprint density at radius 3 is 2.73 bits per heavy atom. The van der Waals surface area contributed by atoms with Gasteiger partial charge < -0.3 is 15.8 Å². The molecule has 15 heavy (non-hydrogen) atoms. The van der Waals surface area contributed by atoms with Crippen LogP contribution < -0.4 is 11.1 Å². The summed E-state index contributed by atoms with van der Waals surface area (Å²) in [7, 11) is 1.35. The van der Waals surface area contributed by atoms with Gasteiger partial charge in [0, 0.05) is 6.04 Å². The van der Waals surface area contributed by atoms with Crippen LogP contribution in [-0.2, 0) is 14.3 Å². The molecule has 5 nitrogen and oxygen atoms in total. The van der Waals surface area contributed by atoms with E-state index in [0.29, 0.717) is 6.42 Å². The zero-order valence-electron chi connectivity index (χ0n) is 8.90. The first kappa shape index (κ1) is 11.7. The van der Waals surface area contributed by atoms with Crippen LogP contribution in [0.1, 0.15) is 13.3 Å². The van der Waals surface area contributed by atoms with Crippen LogP contribution >= 0.6 is 0 Å². The number of nitrogens with two attached hydrogens (primary N) is 1. The molecule has 0 fully saturated rings. The standard InChI is InChI=1S/C10H16N2O3/c1-6(11)9(13)12-8-4-3-7(5-8)10(14)15-2/h3-4,6-8H,5,11H2,1-2H3,(H,12,13)/t6-,7-,8+/m1/s1. The second kappa shape index (κ2) is 4.93. The van der Waals surface area contributed by atoms with Crippen LogP contribution in [0.3, 0.4) is 0 Å². The number of carbonyl (C=O) groups excluding carboxylic acids is 2. The second-order valence-corrected chi connectivity index (χ2v) is 3.65. The molecular formula is C10H16N2O3. The number of rotatable bonds is 3. The van der Waals surface area contributed by atoms with Crippen molar-refractivity contribution >= 4 is 11.9 Å². The van der Waals surface area contributed by atoms with Gasteiger partial charge in [0.05, 0.1) is 19.1 Å². The molecule has 1 aliphatic carbocycles. The number of amides is 1. The Morgan fingerprint density at radius 1 is 1.53 bits per heavy atom. The Hall–Kier alpha value is -1.36. The molecule has 0 radical (unpaired) electrons. The Morgan fingerprint density at radius 2 is 2.20 bits per heavy atom. The SMILES string of the molecule is COC(=O)[C@@H]1C=C[C@H](NC(=O)[C@@H](C)N)C1. The van der Waals surface area contributed by atoms with Gasteiger partial charge in [-0.15, -0.1) is 0 Å². The van der Waals surface area contributed by atoms with Crippen molar-refractivity contribution in [2.45, 2.75) is 25.4 Å². The van der Waals surface area contributed by atoms with Crippen molar-refractivity contribution in [2.24, 2.45) is 11.7 Å². The van der Waals surface area contributed by atoms with Crippen molar-refractivity contribution < 1.29 is 14.3 Å². The molecule has 0 aromatic rings. The highest BCUT2D eigenvalue weighted by Gasteiger charge is 2.26. The van der Waals surface area contributed by atoms with Crippen LogP contribution in [-0.4, -0.2) is 31.1 Å². The van der Waals surface area contributed by atoms with E-state index in [0.717, 1.165) is 0 Å². The molecule has 84 valence electrons. The van der Waals surface area contributed by atoms with E-state index in [4.69, 9.17) is 5.73 Å². The quantitative estimate of drug-likeness (QED) is 0.491. The summed E-state index contributed by atoms with van der Waals surface area (Å²) in [6.45, 7) is 1.62. The predicted molar refractivity (Wildman–Crippen MR) is 54.8 cm³/mol. The molecular weight excluding hydrogens is 196 g/mol. The van der Waals surface area contributed by atoms with Gasteiger partial charge in [0.25, 0.3) is 0 Å². The molecule has 1 rings (SSSR count). The number of ether oxygens (including phenoxy) is 1. The third kappa shape index (κ3) is 3.06. The number of esters is 1. The molecule has 1 amide bonds. The van der Waals surface area contributed by atoms with E-state index in [-0.39, 0.29) is 23.8 Å². The molecule has 0 heterocycles. The lowest BCUT2D eigenvalue weighted by molar-refractivity contribution is -0.143. The zero-order valence-corrected chi connectivity index (χ0v) is 8.90. The molecule has 1 aliphatic rings. The molecule has 0 unspecified atom stereocenters. The minimum absolute atomic E-state index is 0.118. The van der Waals surface area contributed by atoms with Gasteiger partial charge in [-0.2, -0.15) is 0 Å². The first-order chi connectivity index (χ1) is 7.04. The lowest BCUT2D eigenvalue weighted by Crippen LogP contribution is -2.43. The summed E-state index contributed by atoms with van der Waals surface area (Å²) < 4.78 is 4.61. The third-order valence-electron chi connectivity index (χ3n) is 2.33. The molecule has 0 saturated carbocycles. The van der Waals surface area contributed by atoms with Crippen molar-refractivity contribution in [3.8, 4) is 0 Å². The summed E-state index contributed by atoms with van der Waals surface area (Å²) in [5, 5.41) is 2.73. The Bertz CT molecular complexity index is 286. The number of nitrogens with one attached hydrogen (secondary N) is 1. The molecule has 3 N–H and O–H groups in total. The maximum absolute atomic E-state index is 11.3. The number of methoxy groups -OCH3 is 1. The Kier molecular flexibility index (Phi) is 3.85. The Balaban J connectivity index is 2.41. The van der Waals surface area contributed by atoms with Gasteiger partial charge >= 0.3 is 5.97 Å². The van der Waals surface area contributed by atoms with Crippen molar-refractivity contribution in [1.29, 1.82) is 0 Å². The second-order valence-electron chi connectivity index (χ2n) is 3.65. The summed E-state index contributed by atoms with van der Waals surface area (Å²) >= 11 is 0. The van der Waals surface area contributed by atoms with Crippen molar-refractivity contribution in [2.75, 3.05) is 7.11 Å². The monoisotopic (exact) mass is 212 g/mol. The lowest BCUT2D eigenvalue weighted by Gasteiger charge is -2.14. The number of hydrogen-bond donors (Lipinski definition) is 2. The lowest BCUT2D eigenvalue weighted by atomic mass is 10.1. The van der Waals surface area contributed by atoms with Crippen LogP contribution in [0.2, 0.25) is 0 Å². The van der Waals surface area contributed by atoms with Gasteiger partial charge in [-0.3, -0.25) is 9.59 Å². The maximum atomic E-state index is 11.3. The molecule has 0 aromatic carbocycles. The fourth-order valence-electron chi connectivity index (χ4n) is 1.45. The highest BCUT2D eigenvalue weighted by atomic mass is 16.5.